The Hall–Kier alpha value is -1.23. The number of carboxylic acid groups (broad SMARTS) is 1. The molecular formula is C7H6N2O2S. The largest absolute Gasteiger partial charge is 0.477 e. The Bertz CT molecular complexity index is 319. The van der Waals surface area contributed by atoms with E-state index in [1.54, 1.807) is 12.4 Å². The predicted molar refractivity (Wildman–Crippen MR) is 46.6 cm³/mol. The van der Waals surface area contributed by atoms with E-state index in [1.165, 1.54) is 11.8 Å². The van der Waals surface area contributed by atoms with Crippen LogP contribution < -0.4 is 0 Å². The third kappa shape index (κ3) is 1.12. The minimum Gasteiger partial charge on any atom is -0.477 e. The Morgan fingerprint density at radius 2 is 2.58 bits per heavy atom. The molecule has 0 fully saturated rings. The van der Waals surface area contributed by atoms with Gasteiger partial charge in [0.25, 0.3) is 0 Å². The van der Waals surface area contributed by atoms with Gasteiger partial charge in [0.15, 0.2) is 5.17 Å². The van der Waals surface area contributed by atoms with Crippen LogP contribution in [0.5, 0.6) is 0 Å². The van der Waals surface area contributed by atoms with Gasteiger partial charge >= 0.3 is 5.97 Å². The molecule has 0 aromatic heterocycles. The molecule has 5 heteroatoms. The summed E-state index contributed by atoms with van der Waals surface area (Å²) in [5.74, 6) is -0.892. The van der Waals surface area contributed by atoms with Gasteiger partial charge in [-0.1, -0.05) is 0 Å². The lowest BCUT2D eigenvalue weighted by Gasteiger charge is -2.14. The number of fused-ring (bicyclic) bond motifs is 1. The van der Waals surface area contributed by atoms with Crippen molar-refractivity contribution in [3.05, 3.63) is 23.4 Å². The summed E-state index contributed by atoms with van der Waals surface area (Å²) in [7, 11) is 0. The number of carbonyl (C=O) groups is 1. The molecule has 0 saturated carbocycles. The molecule has 0 spiro atoms. The molecule has 0 saturated heterocycles. The van der Waals surface area contributed by atoms with E-state index in [1.807, 2.05) is 11.0 Å². The van der Waals surface area contributed by atoms with Crippen LogP contribution in [0.4, 0.5) is 0 Å². The lowest BCUT2D eigenvalue weighted by molar-refractivity contribution is -0.131. The van der Waals surface area contributed by atoms with Crippen LogP contribution in [0.25, 0.3) is 0 Å². The van der Waals surface area contributed by atoms with E-state index in [9.17, 15) is 4.79 Å². The molecule has 0 radical (unpaired) electrons. The van der Waals surface area contributed by atoms with E-state index in [0.717, 1.165) is 5.17 Å². The quantitative estimate of drug-likeness (QED) is 0.653. The fourth-order valence-electron chi connectivity index (χ4n) is 0.987. The summed E-state index contributed by atoms with van der Waals surface area (Å²) in [5, 5.41) is 9.41. The van der Waals surface area contributed by atoms with Crippen LogP contribution in [0.3, 0.4) is 0 Å². The van der Waals surface area contributed by atoms with Crippen molar-refractivity contribution in [3.8, 4) is 0 Å². The van der Waals surface area contributed by atoms with Crippen LogP contribution in [-0.2, 0) is 4.79 Å². The van der Waals surface area contributed by atoms with E-state index in [0.29, 0.717) is 11.4 Å². The standard InChI is InChI=1S/C7H6N2O2S/c10-6(11)5-4-9-3-1-2-8-7(9)12-5/h1-2,4H,3H2,(H,10,11). The molecule has 0 amide bonds. The molecule has 0 aromatic rings. The highest BCUT2D eigenvalue weighted by atomic mass is 32.2. The summed E-state index contributed by atoms with van der Waals surface area (Å²) >= 11 is 1.19. The zero-order valence-corrected chi connectivity index (χ0v) is 6.91. The summed E-state index contributed by atoms with van der Waals surface area (Å²) in [4.78, 5) is 16.7. The molecule has 4 nitrogen and oxygen atoms in total. The number of aliphatic carboxylic acids is 1. The van der Waals surface area contributed by atoms with Crippen molar-refractivity contribution in [2.75, 3.05) is 6.54 Å². The average molecular weight is 182 g/mol. The fourth-order valence-corrected chi connectivity index (χ4v) is 1.81. The Kier molecular flexibility index (Phi) is 1.65. The lowest BCUT2D eigenvalue weighted by atomic mass is 10.5. The minimum absolute atomic E-state index is 0.331. The number of thioether (sulfide) groups is 1. The highest BCUT2D eigenvalue weighted by Crippen LogP contribution is 2.29. The van der Waals surface area contributed by atoms with E-state index in [-0.39, 0.29) is 0 Å². The Morgan fingerprint density at radius 1 is 1.75 bits per heavy atom. The number of nitrogens with zero attached hydrogens (tertiary/aromatic N) is 2. The van der Waals surface area contributed by atoms with Crippen molar-refractivity contribution in [1.29, 1.82) is 0 Å². The lowest BCUT2D eigenvalue weighted by Crippen LogP contribution is -2.21. The third-order valence-corrected chi connectivity index (χ3v) is 2.55. The predicted octanol–water partition coefficient (Wildman–Crippen LogP) is 0.845. The number of aliphatic imine (C=N–C) groups is 1. The SMILES string of the molecule is O=C(O)C1=CN2CC=CN=C2S1. The number of hydrogen-bond acceptors (Lipinski definition) is 4. The normalized spacial score (nSPS) is 20.2. The Morgan fingerprint density at radius 3 is 3.25 bits per heavy atom. The third-order valence-electron chi connectivity index (χ3n) is 1.52. The molecule has 1 N–H and O–H groups in total. The maximum Gasteiger partial charge on any atom is 0.344 e. The van der Waals surface area contributed by atoms with Crippen molar-refractivity contribution in [1.82, 2.24) is 4.90 Å². The number of rotatable bonds is 1. The molecule has 0 unspecified atom stereocenters. The molecule has 2 rings (SSSR count). The highest BCUT2D eigenvalue weighted by molar-refractivity contribution is 8.18. The molecule has 62 valence electrons. The van der Waals surface area contributed by atoms with Crippen molar-refractivity contribution < 1.29 is 9.90 Å². The number of hydrogen-bond donors (Lipinski definition) is 1. The van der Waals surface area contributed by atoms with Gasteiger partial charge in [-0.3, -0.25) is 0 Å². The highest BCUT2D eigenvalue weighted by Gasteiger charge is 2.25. The second kappa shape index (κ2) is 2.67. The van der Waals surface area contributed by atoms with E-state index in [4.69, 9.17) is 5.11 Å². The molecular weight excluding hydrogens is 176 g/mol. The van der Waals surface area contributed by atoms with E-state index >= 15 is 0 Å². The van der Waals surface area contributed by atoms with Gasteiger partial charge in [-0.15, -0.1) is 0 Å². The maximum absolute atomic E-state index is 10.6. The summed E-state index contributed by atoms with van der Waals surface area (Å²) in [6, 6.07) is 0. The molecule has 2 aliphatic rings. The number of carboxylic acids is 1. The first-order chi connectivity index (χ1) is 5.77. The smallest absolute Gasteiger partial charge is 0.344 e. The second-order valence-electron chi connectivity index (χ2n) is 2.35. The zero-order chi connectivity index (χ0) is 8.55. The summed E-state index contributed by atoms with van der Waals surface area (Å²) < 4.78 is 0. The summed E-state index contributed by atoms with van der Waals surface area (Å²) in [6.07, 6.45) is 5.18. The topological polar surface area (TPSA) is 52.9 Å². The Labute approximate surface area is 73.3 Å². The van der Waals surface area contributed by atoms with E-state index < -0.39 is 5.97 Å². The molecule has 2 aliphatic heterocycles. The number of amidine groups is 1. The van der Waals surface area contributed by atoms with Crippen molar-refractivity contribution >= 4 is 22.9 Å². The molecule has 0 aromatic carbocycles. The van der Waals surface area contributed by atoms with Gasteiger partial charge in [0.1, 0.15) is 4.91 Å². The van der Waals surface area contributed by atoms with Gasteiger partial charge in [-0.25, -0.2) is 9.79 Å². The van der Waals surface area contributed by atoms with Gasteiger partial charge in [-0.2, -0.15) is 0 Å². The minimum atomic E-state index is -0.892. The molecule has 2 heterocycles. The van der Waals surface area contributed by atoms with E-state index in [2.05, 4.69) is 4.99 Å². The van der Waals surface area contributed by atoms with Gasteiger partial charge < -0.3 is 10.0 Å². The second-order valence-corrected chi connectivity index (χ2v) is 3.36. The maximum atomic E-state index is 10.6. The average Bonchev–Trinajstić information content (AvgIpc) is 2.46. The molecule has 0 aliphatic carbocycles. The monoisotopic (exact) mass is 182 g/mol. The van der Waals surface area contributed by atoms with Crippen LogP contribution in [0.2, 0.25) is 0 Å². The van der Waals surface area contributed by atoms with Crippen LogP contribution in [0.15, 0.2) is 28.4 Å². The summed E-state index contributed by atoms with van der Waals surface area (Å²) in [5.41, 5.74) is 0. The van der Waals surface area contributed by atoms with Gasteiger partial charge in [-0.05, 0) is 17.8 Å². The van der Waals surface area contributed by atoms with Crippen LogP contribution in [-0.4, -0.2) is 27.7 Å². The first-order valence-corrected chi connectivity index (χ1v) is 4.21. The van der Waals surface area contributed by atoms with Crippen molar-refractivity contribution in [2.45, 2.75) is 0 Å². The van der Waals surface area contributed by atoms with Crippen molar-refractivity contribution in [3.63, 3.8) is 0 Å². The van der Waals surface area contributed by atoms with Gasteiger partial charge in [0.05, 0.1) is 0 Å². The molecule has 12 heavy (non-hydrogen) atoms. The van der Waals surface area contributed by atoms with Gasteiger partial charge in [0.2, 0.25) is 0 Å². The fraction of sp³-hybridized carbons (Fsp3) is 0.143. The molecule has 0 bridgehead atoms. The zero-order valence-electron chi connectivity index (χ0n) is 6.10. The van der Waals surface area contributed by atoms with Crippen LogP contribution in [0.1, 0.15) is 0 Å². The summed E-state index contributed by atoms with van der Waals surface area (Å²) in [6.45, 7) is 0.711. The molecule has 0 atom stereocenters. The van der Waals surface area contributed by atoms with Gasteiger partial charge in [0, 0.05) is 18.9 Å². The van der Waals surface area contributed by atoms with Crippen LogP contribution in [0, 0.1) is 0 Å². The van der Waals surface area contributed by atoms with Crippen LogP contribution >= 0.6 is 11.8 Å². The first kappa shape index (κ1) is 7.42. The van der Waals surface area contributed by atoms with Crippen molar-refractivity contribution in [2.24, 2.45) is 4.99 Å². The first-order valence-electron chi connectivity index (χ1n) is 3.40. The Balaban J connectivity index is 2.24.